The van der Waals surface area contributed by atoms with Crippen LogP contribution in [0.2, 0.25) is 0 Å². The number of carbonyl (C=O) groups excluding carboxylic acids is 2. The first-order valence-corrected chi connectivity index (χ1v) is 10.9. The van der Waals surface area contributed by atoms with Gasteiger partial charge in [0.25, 0.3) is 5.91 Å². The average Bonchev–Trinajstić information content (AvgIpc) is 3.12. The van der Waals surface area contributed by atoms with Crippen molar-refractivity contribution in [2.24, 2.45) is 0 Å². The molecule has 9 heteroatoms. The number of allylic oxidation sites excluding steroid dienone is 1. The molecule has 0 unspecified atom stereocenters. The van der Waals surface area contributed by atoms with Crippen molar-refractivity contribution in [2.45, 2.75) is 32.1 Å². The van der Waals surface area contributed by atoms with E-state index in [2.05, 4.69) is 27.4 Å². The van der Waals surface area contributed by atoms with Crippen LogP contribution in [0.4, 0.5) is 10.1 Å². The molecule has 7 nitrogen and oxygen atoms in total. The third-order valence-electron chi connectivity index (χ3n) is 4.47. The molecule has 0 fully saturated rings. The van der Waals surface area contributed by atoms with E-state index in [-0.39, 0.29) is 23.8 Å². The van der Waals surface area contributed by atoms with E-state index < -0.39 is 11.7 Å². The number of rotatable bonds is 9. The van der Waals surface area contributed by atoms with Crippen LogP contribution in [0.25, 0.3) is 0 Å². The van der Waals surface area contributed by atoms with Crippen molar-refractivity contribution < 1.29 is 14.0 Å². The summed E-state index contributed by atoms with van der Waals surface area (Å²) in [4.78, 5) is 24.7. The lowest BCUT2D eigenvalue weighted by atomic mass is 10.1. The minimum absolute atomic E-state index is 0.0417. The number of thioether (sulfide) groups is 1. The fourth-order valence-electron chi connectivity index (χ4n) is 3.14. The minimum atomic E-state index is -0.594. The summed E-state index contributed by atoms with van der Waals surface area (Å²) in [5.41, 5.74) is 2.85. The van der Waals surface area contributed by atoms with Gasteiger partial charge in [0, 0.05) is 12.2 Å². The highest BCUT2D eigenvalue weighted by Gasteiger charge is 2.16. The van der Waals surface area contributed by atoms with Gasteiger partial charge in [-0.25, -0.2) is 4.39 Å². The Balaban J connectivity index is 1.62. The lowest BCUT2D eigenvalue weighted by molar-refractivity contribution is -0.113. The van der Waals surface area contributed by atoms with Crippen molar-refractivity contribution in [3.63, 3.8) is 0 Å². The van der Waals surface area contributed by atoms with Crippen LogP contribution in [0.15, 0.2) is 60.3 Å². The van der Waals surface area contributed by atoms with Gasteiger partial charge in [0.15, 0.2) is 11.0 Å². The Morgan fingerprint density at radius 2 is 1.88 bits per heavy atom. The van der Waals surface area contributed by atoms with Crippen LogP contribution < -0.4 is 10.6 Å². The van der Waals surface area contributed by atoms with Crippen molar-refractivity contribution in [3.05, 3.63) is 83.5 Å². The van der Waals surface area contributed by atoms with Gasteiger partial charge in [-0.3, -0.25) is 9.59 Å². The molecule has 3 aromatic rings. The van der Waals surface area contributed by atoms with E-state index in [1.807, 2.05) is 32.0 Å². The number of aryl methyl sites for hydroxylation is 2. The summed E-state index contributed by atoms with van der Waals surface area (Å²) < 4.78 is 15.6. The van der Waals surface area contributed by atoms with Crippen molar-refractivity contribution >= 4 is 29.3 Å². The van der Waals surface area contributed by atoms with Gasteiger partial charge in [-0.1, -0.05) is 36.0 Å². The summed E-state index contributed by atoms with van der Waals surface area (Å²) in [6, 6.07) is 11.6. The van der Waals surface area contributed by atoms with Gasteiger partial charge < -0.3 is 15.2 Å². The van der Waals surface area contributed by atoms with Crippen molar-refractivity contribution in [1.82, 2.24) is 20.1 Å². The number of halogens is 1. The van der Waals surface area contributed by atoms with Gasteiger partial charge in [0.1, 0.15) is 5.82 Å². The predicted molar refractivity (Wildman–Crippen MR) is 123 cm³/mol. The monoisotopic (exact) mass is 453 g/mol. The molecular formula is C23H24FN5O2S. The summed E-state index contributed by atoms with van der Waals surface area (Å²) in [6.45, 7) is 8.15. The molecule has 166 valence electrons. The molecule has 2 N–H and O–H groups in total. The van der Waals surface area contributed by atoms with Crippen LogP contribution >= 0.6 is 11.8 Å². The zero-order chi connectivity index (χ0) is 23.1. The van der Waals surface area contributed by atoms with Crippen molar-refractivity contribution in [1.29, 1.82) is 0 Å². The van der Waals surface area contributed by atoms with Crippen LogP contribution in [0.5, 0.6) is 0 Å². The topological polar surface area (TPSA) is 88.9 Å². The Kier molecular flexibility index (Phi) is 7.77. The predicted octanol–water partition coefficient (Wildman–Crippen LogP) is 3.88. The molecule has 0 saturated carbocycles. The van der Waals surface area contributed by atoms with E-state index in [9.17, 15) is 14.0 Å². The second-order valence-electron chi connectivity index (χ2n) is 7.17. The number of hydrogen-bond acceptors (Lipinski definition) is 5. The quantitative estimate of drug-likeness (QED) is 0.379. The third kappa shape index (κ3) is 6.04. The van der Waals surface area contributed by atoms with Crippen LogP contribution in [-0.4, -0.2) is 32.3 Å². The van der Waals surface area contributed by atoms with E-state index in [0.29, 0.717) is 17.5 Å². The summed E-state index contributed by atoms with van der Waals surface area (Å²) in [5.74, 6) is -0.680. The fourth-order valence-corrected chi connectivity index (χ4v) is 3.91. The number of aromatic nitrogens is 3. The molecule has 1 heterocycles. The average molecular weight is 454 g/mol. The molecule has 0 spiro atoms. The molecule has 3 rings (SSSR count). The zero-order valence-corrected chi connectivity index (χ0v) is 18.7. The molecule has 32 heavy (non-hydrogen) atoms. The van der Waals surface area contributed by atoms with Gasteiger partial charge >= 0.3 is 0 Å². The molecule has 0 radical (unpaired) electrons. The van der Waals surface area contributed by atoms with Gasteiger partial charge in [-0.15, -0.1) is 16.8 Å². The molecule has 0 bridgehead atoms. The Bertz CT molecular complexity index is 1120. The number of amides is 2. The summed E-state index contributed by atoms with van der Waals surface area (Å²) in [6.07, 6.45) is 1.67. The maximum atomic E-state index is 13.8. The second-order valence-corrected chi connectivity index (χ2v) is 8.12. The molecule has 0 aliphatic carbocycles. The molecular weight excluding hydrogens is 429 g/mol. The first-order chi connectivity index (χ1) is 15.4. The smallest absolute Gasteiger partial charge is 0.254 e. The Morgan fingerprint density at radius 1 is 1.16 bits per heavy atom. The molecule has 0 saturated heterocycles. The minimum Gasteiger partial charge on any atom is -0.345 e. The fraction of sp³-hybridized carbons (Fsp3) is 0.217. The maximum absolute atomic E-state index is 13.8. The Hall–Kier alpha value is -3.46. The van der Waals surface area contributed by atoms with E-state index in [4.69, 9.17) is 0 Å². The molecule has 1 aromatic heterocycles. The molecule has 0 aliphatic rings. The van der Waals surface area contributed by atoms with Gasteiger partial charge in [0.2, 0.25) is 5.91 Å². The largest absolute Gasteiger partial charge is 0.345 e. The highest BCUT2D eigenvalue weighted by Crippen LogP contribution is 2.19. The Morgan fingerprint density at radius 3 is 2.56 bits per heavy atom. The summed E-state index contributed by atoms with van der Waals surface area (Å²) in [7, 11) is 0. The first-order valence-electron chi connectivity index (χ1n) is 9.94. The molecule has 0 aliphatic heterocycles. The zero-order valence-electron chi connectivity index (χ0n) is 17.9. The molecule has 0 atom stereocenters. The SMILES string of the molecule is C=CCn1c(CNC(=O)c2ccccc2F)nnc1SCC(=O)Nc1cc(C)cc(C)c1. The van der Waals surface area contributed by atoms with E-state index >= 15 is 0 Å². The van der Waals surface area contributed by atoms with E-state index in [1.165, 1.54) is 30.0 Å². The molecule has 2 amide bonds. The van der Waals surface area contributed by atoms with Crippen LogP contribution in [0.3, 0.4) is 0 Å². The number of hydrogen-bond donors (Lipinski definition) is 2. The third-order valence-corrected chi connectivity index (χ3v) is 5.44. The Labute approximate surface area is 190 Å². The van der Waals surface area contributed by atoms with Crippen molar-refractivity contribution in [2.75, 3.05) is 11.1 Å². The van der Waals surface area contributed by atoms with Crippen LogP contribution in [0, 0.1) is 19.7 Å². The number of nitrogens with one attached hydrogen (secondary N) is 2. The first kappa shape index (κ1) is 23.2. The number of nitrogens with zero attached hydrogens (tertiary/aromatic N) is 3. The van der Waals surface area contributed by atoms with Crippen LogP contribution in [0.1, 0.15) is 27.3 Å². The number of benzene rings is 2. The maximum Gasteiger partial charge on any atom is 0.254 e. The highest BCUT2D eigenvalue weighted by molar-refractivity contribution is 7.99. The number of anilines is 1. The van der Waals surface area contributed by atoms with Gasteiger partial charge in [0.05, 0.1) is 17.9 Å². The highest BCUT2D eigenvalue weighted by atomic mass is 32.2. The molecule has 2 aromatic carbocycles. The number of carbonyl (C=O) groups is 2. The normalized spacial score (nSPS) is 10.6. The van der Waals surface area contributed by atoms with Gasteiger partial charge in [-0.2, -0.15) is 0 Å². The van der Waals surface area contributed by atoms with E-state index in [0.717, 1.165) is 16.8 Å². The standard InChI is InChI=1S/C23H24FN5O2S/c1-4-9-29-20(13-25-22(31)18-7-5-6-8-19(18)24)27-28-23(29)32-14-21(30)26-17-11-15(2)10-16(3)12-17/h4-8,10-12H,1,9,13-14H2,2-3H3,(H,25,31)(H,26,30). The van der Waals surface area contributed by atoms with Gasteiger partial charge in [-0.05, 0) is 49.2 Å². The van der Waals surface area contributed by atoms with E-state index in [1.54, 1.807) is 16.7 Å². The van der Waals surface area contributed by atoms with Crippen molar-refractivity contribution in [3.8, 4) is 0 Å². The summed E-state index contributed by atoms with van der Waals surface area (Å²) in [5, 5.41) is 14.3. The van der Waals surface area contributed by atoms with Crippen LogP contribution in [-0.2, 0) is 17.9 Å². The lowest BCUT2D eigenvalue weighted by Gasteiger charge is -2.10. The second kappa shape index (κ2) is 10.7. The lowest BCUT2D eigenvalue weighted by Crippen LogP contribution is -2.25. The summed E-state index contributed by atoms with van der Waals surface area (Å²) >= 11 is 1.23.